The minimum absolute atomic E-state index is 0.123. The maximum absolute atomic E-state index is 13.0. The van der Waals surface area contributed by atoms with Crippen LogP contribution >= 0.6 is 0 Å². The van der Waals surface area contributed by atoms with Crippen LogP contribution in [0.2, 0.25) is 0 Å². The van der Waals surface area contributed by atoms with Crippen molar-refractivity contribution in [2.45, 2.75) is 38.2 Å². The van der Waals surface area contributed by atoms with Crippen molar-refractivity contribution in [3.8, 4) is 0 Å². The molecule has 0 radical (unpaired) electrons. The summed E-state index contributed by atoms with van der Waals surface area (Å²) in [6.45, 7) is 1.44. The van der Waals surface area contributed by atoms with Gasteiger partial charge in [-0.15, -0.1) is 0 Å². The van der Waals surface area contributed by atoms with Crippen LogP contribution in [0.3, 0.4) is 0 Å². The number of nitrogens with one attached hydrogen (secondary N) is 1. The fraction of sp³-hybridized carbons (Fsp3) is 0.588. The predicted octanol–water partition coefficient (Wildman–Crippen LogP) is 2.64. The van der Waals surface area contributed by atoms with E-state index in [0.717, 1.165) is 25.8 Å². The highest BCUT2D eigenvalue weighted by Crippen LogP contribution is 2.24. The summed E-state index contributed by atoms with van der Waals surface area (Å²) in [6, 6.07) is 5.89. The molecule has 22 heavy (non-hydrogen) atoms. The molecule has 4 nitrogen and oxygen atoms in total. The maximum atomic E-state index is 13.0. The van der Waals surface area contributed by atoms with Gasteiger partial charge < -0.3 is 15.3 Å². The molecular weight excluding hydrogens is 283 g/mol. The fourth-order valence-electron chi connectivity index (χ4n) is 2.97. The van der Waals surface area contributed by atoms with Gasteiger partial charge in [0.15, 0.2) is 0 Å². The minimum Gasteiger partial charge on any atom is -0.393 e. The quantitative estimate of drug-likeness (QED) is 0.849. The van der Waals surface area contributed by atoms with Crippen molar-refractivity contribution < 1.29 is 14.3 Å². The lowest BCUT2D eigenvalue weighted by Crippen LogP contribution is -2.36. The van der Waals surface area contributed by atoms with E-state index in [1.165, 1.54) is 18.6 Å². The van der Waals surface area contributed by atoms with Gasteiger partial charge in [-0.1, -0.05) is 18.9 Å². The lowest BCUT2D eigenvalue weighted by molar-refractivity contribution is -0.116. The Labute approximate surface area is 131 Å². The van der Waals surface area contributed by atoms with Crippen LogP contribution in [-0.4, -0.2) is 42.2 Å². The third kappa shape index (κ3) is 5.39. The van der Waals surface area contributed by atoms with Gasteiger partial charge in [0, 0.05) is 25.2 Å². The van der Waals surface area contributed by atoms with E-state index in [1.54, 1.807) is 12.1 Å². The number of aliphatic hydroxyl groups excluding tert-OH is 1. The molecule has 0 saturated heterocycles. The molecule has 2 atom stereocenters. The predicted molar refractivity (Wildman–Crippen MR) is 85.1 cm³/mol. The van der Waals surface area contributed by atoms with Gasteiger partial charge in [0.2, 0.25) is 5.91 Å². The summed E-state index contributed by atoms with van der Waals surface area (Å²) >= 11 is 0. The Morgan fingerprint density at radius 1 is 1.41 bits per heavy atom. The van der Waals surface area contributed by atoms with Crippen LogP contribution in [-0.2, 0) is 4.79 Å². The zero-order valence-corrected chi connectivity index (χ0v) is 13.1. The molecule has 1 aromatic rings. The number of anilines is 1. The number of carbonyl (C=O) groups excluding carboxylic acids is 1. The Balaban J connectivity index is 1.71. The van der Waals surface area contributed by atoms with Crippen molar-refractivity contribution in [3.05, 3.63) is 30.1 Å². The first-order valence-corrected chi connectivity index (χ1v) is 7.96. The standard InChI is InChI=1S/C17H25FN2O2/c1-20(12-13-5-2-3-8-16(13)21)10-9-17(22)19-15-7-4-6-14(18)11-15/h4,6-7,11,13,16,21H,2-3,5,8-10,12H2,1H3,(H,19,22)/t13-,16+/m1/s1. The average molecular weight is 308 g/mol. The number of benzene rings is 1. The van der Waals surface area contributed by atoms with E-state index in [2.05, 4.69) is 10.2 Å². The first-order chi connectivity index (χ1) is 10.5. The van der Waals surface area contributed by atoms with Crippen molar-refractivity contribution in [2.24, 2.45) is 5.92 Å². The van der Waals surface area contributed by atoms with Crippen LogP contribution in [0.5, 0.6) is 0 Å². The second kappa shape index (κ2) is 8.25. The van der Waals surface area contributed by atoms with Crippen molar-refractivity contribution in [2.75, 3.05) is 25.5 Å². The Morgan fingerprint density at radius 2 is 2.18 bits per heavy atom. The Morgan fingerprint density at radius 3 is 2.91 bits per heavy atom. The first-order valence-electron chi connectivity index (χ1n) is 7.96. The van der Waals surface area contributed by atoms with E-state index >= 15 is 0 Å². The number of aliphatic hydroxyl groups is 1. The highest BCUT2D eigenvalue weighted by Gasteiger charge is 2.24. The van der Waals surface area contributed by atoms with Crippen molar-refractivity contribution in [1.82, 2.24) is 4.90 Å². The number of amides is 1. The highest BCUT2D eigenvalue weighted by atomic mass is 19.1. The first kappa shape index (κ1) is 16.9. The number of rotatable bonds is 6. The molecule has 1 saturated carbocycles. The molecule has 2 N–H and O–H groups in total. The van der Waals surface area contributed by atoms with Crippen LogP contribution in [0.25, 0.3) is 0 Å². The SMILES string of the molecule is CN(CCC(=O)Nc1cccc(F)c1)C[C@H]1CCCC[C@@H]1O. The van der Waals surface area contributed by atoms with E-state index in [0.29, 0.717) is 24.6 Å². The summed E-state index contributed by atoms with van der Waals surface area (Å²) in [7, 11) is 1.97. The Hall–Kier alpha value is -1.46. The summed E-state index contributed by atoms with van der Waals surface area (Å²) in [5, 5.41) is 12.7. The molecule has 5 heteroatoms. The van der Waals surface area contributed by atoms with Gasteiger partial charge in [0.05, 0.1) is 6.10 Å². The minimum atomic E-state index is -0.360. The molecule has 0 heterocycles. The van der Waals surface area contributed by atoms with Gasteiger partial charge in [-0.25, -0.2) is 4.39 Å². The lowest BCUT2D eigenvalue weighted by Gasteiger charge is -2.31. The molecule has 1 amide bonds. The normalized spacial score (nSPS) is 21.8. The van der Waals surface area contributed by atoms with E-state index in [4.69, 9.17) is 0 Å². The van der Waals surface area contributed by atoms with Crippen LogP contribution in [0.4, 0.5) is 10.1 Å². The molecule has 0 aliphatic heterocycles. The molecule has 1 fully saturated rings. The van der Waals surface area contributed by atoms with E-state index in [1.807, 2.05) is 7.05 Å². The molecule has 1 aromatic carbocycles. The molecule has 0 spiro atoms. The van der Waals surface area contributed by atoms with Crippen LogP contribution in [0.15, 0.2) is 24.3 Å². The molecule has 1 aliphatic rings. The molecule has 0 aromatic heterocycles. The van der Waals surface area contributed by atoms with E-state index in [-0.39, 0.29) is 17.8 Å². The van der Waals surface area contributed by atoms with Gasteiger partial charge in [0.25, 0.3) is 0 Å². The Bertz CT molecular complexity index is 495. The molecule has 2 rings (SSSR count). The van der Waals surface area contributed by atoms with Gasteiger partial charge >= 0.3 is 0 Å². The van der Waals surface area contributed by atoms with E-state index in [9.17, 15) is 14.3 Å². The third-order valence-corrected chi connectivity index (χ3v) is 4.24. The third-order valence-electron chi connectivity index (χ3n) is 4.24. The van der Waals surface area contributed by atoms with Gasteiger partial charge in [-0.3, -0.25) is 4.79 Å². The second-order valence-corrected chi connectivity index (χ2v) is 6.18. The second-order valence-electron chi connectivity index (χ2n) is 6.18. The summed E-state index contributed by atoms with van der Waals surface area (Å²) in [5.41, 5.74) is 0.482. The average Bonchev–Trinajstić information content (AvgIpc) is 2.48. The highest BCUT2D eigenvalue weighted by molar-refractivity contribution is 5.90. The van der Waals surface area contributed by atoms with Crippen LogP contribution in [0.1, 0.15) is 32.1 Å². The van der Waals surface area contributed by atoms with Crippen LogP contribution in [0, 0.1) is 11.7 Å². The topological polar surface area (TPSA) is 52.6 Å². The fourth-order valence-corrected chi connectivity index (χ4v) is 2.97. The zero-order valence-electron chi connectivity index (χ0n) is 13.1. The molecular formula is C17H25FN2O2. The molecule has 1 aliphatic carbocycles. The summed E-state index contributed by atoms with van der Waals surface area (Å²) < 4.78 is 13.0. The summed E-state index contributed by atoms with van der Waals surface area (Å²) in [4.78, 5) is 14.0. The van der Waals surface area contributed by atoms with Crippen molar-refractivity contribution in [3.63, 3.8) is 0 Å². The van der Waals surface area contributed by atoms with Gasteiger partial charge in [0.1, 0.15) is 5.82 Å². The van der Waals surface area contributed by atoms with Crippen molar-refractivity contribution >= 4 is 11.6 Å². The lowest BCUT2D eigenvalue weighted by atomic mass is 9.86. The monoisotopic (exact) mass is 308 g/mol. The summed E-state index contributed by atoms with van der Waals surface area (Å²) in [5.74, 6) is -0.173. The molecule has 0 unspecified atom stereocenters. The molecule has 122 valence electrons. The number of nitrogens with zero attached hydrogens (tertiary/aromatic N) is 1. The Kier molecular flexibility index (Phi) is 6.34. The summed E-state index contributed by atoms with van der Waals surface area (Å²) in [6.07, 6.45) is 4.37. The smallest absolute Gasteiger partial charge is 0.225 e. The number of hydrogen-bond donors (Lipinski definition) is 2. The van der Waals surface area contributed by atoms with Gasteiger partial charge in [-0.05, 0) is 44.0 Å². The maximum Gasteiger partial charge on any atom is 0.225 e. The number of hydrogen-bond acceptors (Lipinski definition) is 3. The zero-order chi connectivity index (χ0) is 15.9. The van der Waals surface area contributed by atoms with Crippen LogP contribution < -0.4 is 5.32 Å². The molecule has 0 bridgehead atoms. The van der Waals surface area contributed by atoms with Gasteiger partial charge in [-0.2, -0.15) is 0 Å². The number of halogens is 1. The van der Waals surface area contributed by atoms with E-state index < -0.39 is 0 Å². The van der Waals surface area contributed by atoms with Crippen molar-refractivity contribution in [1.29, 1.82) is 0 Å². The largest absolute Gasteiger partial charge is 0.393 e. The number of carbonyl (C=O) groups is 1.